The normalized spacial score (nSPS) is 16.2. The molecule has 1 heterocycles. The lowest BCUT2D eigenvalue weighted by atomic mass is 10.1. The van der Waals surface area contributed by atoms with Crippen molar-refractivity contribution in [1.82, 2.24) is 4.31 Å². The molecule has 3 rings (SSSR count). The van der Waals surface area contributed by atoms with Crippen LogP contribution in [0.1, 0.15) is 30.4 Å². The van der Waals surface area contributed by atoms with Gasteiger partial charge in [-0.3, -0.25) is 4.72 Å². The van der Waals surface area contributed by atoms with Gasteiger partial charge in [0.25, 0.3) is 10.0 Å². The number of aryl methyl sites for hydroxylation is 2. The summed E-state index contributed by atoms with van der Waals surface area (Å²) >= 11 is 0. The lowest BCUT2D eigenvalue weighted by Crippen LogP contribution is -2.35. The van der Waals surface area contributed by atoms with E-state index in [-0.39, 0.29) is 9.79 Å². The van der Waals surface area contributed by atoms with E-state index in [9.17, 15) is 16.8 Å². The number of benzene rings is 2. The van der Waals surface area contributed by atoms with Gasteiger partial charge in [0.2, 0.25) is 10.0 Å². The summed E-state index contributed by atoms with van der Waals surface area (Å²) in [4.78, 5) is 0.356. The molecular weight excluding hydrogens is 384 g/mol. The Morgan fingerprint density at radius 2 is 1.37 bits per heavy atom. The molecule has 0 unspecified atom stereocenters. The van der Waals surface area contributed by atoms with Crippen LogP contribution in [0.5, 0.6) is 0 Å². The number of rotatable bonds is 5. The molecule has 1 aliphatic heterocycles. The molecular formula is C19H24N2O4S2. The molecule has 0 bridgehead atoms. The molecule has 1 fully saturated rings. The molecule has 1 aliphatic rings. The van der Waals surface area contributed by atoms with Crippen LogP contribution < -0.4 is 4.72 Å². The van der Waals surface area contributed by atoms with Crippen molar-refractivity contribution >= 4 is 25.7 Å². The van der Waals surface area contributed by atoms with Gasteiger partial charge < -0.3 is 0 Å². The quantitative estimate of drug-likeness (QED) is 0.823. The summed E-state index contributed by atoms with van der Waals surface area (Å²) in [5.41, 5.74) is 2.23. The van der Waals surface area contributed by atoms with Crippen LogP contribution >= 0.6 is 0 Å². The van der Waals surface area contributed by atoms with Crippen LogP contribution in [0.2, 0.25) is 0 Å². The van der Waals surface area contributed by atoms with Gasteiger partial charge >= 0.3 is 0 Å². The summed E-state index contributed by atoms with van der Waals surface area (Å²) in [6, 6.07) is 10.8. The second-order valence-corrected chi connectivity index (χ2v) is 10.5. The van der Waals surface area contributed by atoms with Crippen LogP contribution in [0.3, 0.4) is 0 Å². The van der Waals surface area contributed by atoms with E-state index < -0.39 is 20.0 Å². The molecule has 0 spiro atoms. The summed E-state index contributed by atoms with van der Waals surface area (Å²) in [6.07, 6.45) is 2.78. The van der Waals surface area contributed by atoms with E-state index in [1.165, 1.54) is 28.6 Å². The zero-order valence-corrected chi connectivity index (χ0v) is 17.1. The van der Waals surface area contributed by atoms with Crippen molar-refractivity contribution in [3.05, 3.63) is 53.6 Å². The minimum Gasteiger partial charge on any atom is -0.280 e. The fourth-order valence-corrected chi connectivity index (χ4v) is 5.70. The standard InChI is InChI=1S/C19H24N2O4S2/c1-15-6-9-19(14-16(15)2)26(22,23)20-17-7-10-18(11-8-17)27(24,25)21-12-4-3-5-13-21/h6-11,14,20H,3-5,12-13H2,1-2H3. The van der Waals surface area contributed by atoms with Gasteiger partial charge in [0, 0.05) is 18.8 Å². The monoisotopic (exact) mass is 408 g/mol. The largest absolute Gasteiger partial charge is 0.280 e. The highest BCUT2D eigenvalue weighted by atomic mass is 32.2. The van der Waals surface area contributed by atoms with Crippen molar-refractivity contribution in [1.29, 1.82) is 0 Å². The molecule has 146 valence electrons. The van der Waals surface area contributed by atoms with Crippen molar-refractivity contribution in [2.45, 2.75) is 42.9 Å². The average molecular weight is 409 g/mol. The maximum Gasteiger partial charge on any atom is 0.261 e. The Labute approximate surface area is 161 Å². The minimum atomic E-state index is -3.73. The van der Waals surface area contributed by atoms with Gasteiger partial charge in [-0.2, -0.15) is 4.31 Å². The van der Waals surface area contributed by atoms with E-state index in [0.29, 0.717) is 18.8 Å². The smallest absolute Gasteiger partial charge is 0.261 e. The molecule has 27 heavy (non-hydrogen) atoms. The van der Waals surface area contributed by atoms with Crippen molar-refractivity contribution in [3.63, 3.8) is 0 Å². The third-order valence-electron chi connectivity index (χ3n) is 4.85. The maximum absolute atomic E-state index is 12.7. The topological polar surface area (TPSA) is 83.5 Å². The Morgan fingerprint density at radius 1 is 0.778 bits per heavy atom. The Bertz CT molecular complexity index is 1020. The highest BCUT2D eigenvalue weighted by Crippen LogP contribution is 2.23. The van der Waals surface area contributed by atoms with Crippen LogP contribution in [0.4, 0.5) is 5.69 Å². The molecule has 0 radical (unpaired) electrons. The van der Waals surface area contributed by atoms with Gasteiger partial charge in [-0.15, -0.1) is 0 Å². The second kappa shape index (κ2) is 7.61. The van der Waals surface area contributed by atoms with Gasteiger partial charge in [0.1, 0.15) is 0 Å². The van der Waals surface area contributed by atoms with E-state index in [1.54, 1.807) is 18.2 Å². The SMILES string of the molecule is Cc1ccc(S(=O)(=O)Nc2ccc(S(=O)(=O)N3CCCCC3)cc2)cc1C. The number of nitrogens with one attached hydrogen (secondary N) is 1. The summed E-state index contributed by atoms with van der Waals surface area (Å²) in [7, 11) is -7.26. The van der Waals surface area contributed by atoms with Crippen LogP contribution in [-0.4, -0.2) is 34.2 Å². The van der Waals surface area contributed by atoms with Gasteiger partial charge in [0.15, 0.2) is 0 Å². The van der Waals surface area contributed by atoms with E-state index in [1.807, 2.05) is 13.8 Å². The Kier molecular flexibility index (Phi) is 5.60. The molecule has 0 aromatic heterocycles. The van der Waals surface area contributed by atoms with Crippen LogP contribution in [0, 0.1) is 13.8 Å². The van der Waals surface area contributed by atoms with E-state index in [2.05, 4.69) is 4.72 Å². The van der Waals surface area contributed by atoms with Crippen molar-refractivity contribution in [2.75, 3.05) is 17.8 Å². The van der Waals surface area contributed by atoms with E-state index in [0.717, 1.165) is 30.4 Å². The first-order valence-corrected chi connectivity index (χ1v) is 11.8. The van der Waals surface area contributed by atoms with Gasteiger partial charge in [0.05, 0.1) is 9.79 Å². The van der Waals surface area contributed by atoms with Gasteiger partial charge in [-0.05, 0) is 74.2 Å². The fourth-order valence-electron chi connectivity index (χ4n) is 3.04. The van der Waals surface area contributed by atoms with E-state index >= 15 is 0 Å². The van der Waals surface area contributed by atoms with Crippen LogP contribution in [0.15, 0.2) is 52.3 Å². The van der Waals surface area contributed by atoms with Crippen LogP contribution in [0.25, 0.3) is 0 Å². The third kappa shape index (κ3) is 4.34. The zero-order chi connectivity index (χ0) is 19.7. The molecule has 1 N–H and O–H groups in total. The number of anilines is 1. The first-order chi connectivity index (χ1) is 12.7. The van der Waals surface area contributed by atoms with Gasteiger partial charge in [-0.25, -0.2) is 16.8 Å². The zero-order valence-electron chi connectivity index (χ0n) is 15.5. The molecule has 8 heteroatoms. The summed E-state index contributed by atoms with van der Waals surface area (Å²) in [5, 5.41) is 0. The lowest BCUT2D eigenvalue weighted by molar-refractivity contribution is 0.346. The second-order valence-electron chi connectivity index (χ2n) is 6.84. The number of nitrogens with zero attached hydrogens (tertiary/aromatic N) is 1. The molecule has 0 saturated carbocycles. The predicted molar refractivity (Wildman–Crippen MR) is 106 cm³/mol. The fraction of sp³-hybridized carbons (Fsp3) is 0.368. The lowest BCUT2D eigenvalue weighted by Gasteiger charge is -2.25. The number of sulfonamides is 2. The average Bonchev–Trinajstić information content (AvgIpc) is 2.65. The van der Waals surface area contributed by atoms with Gasteiger partial charge in [-0.1, -0.05) is 12.5 Å². The third-order valence-corrected chi connectivity index (χ3v) is 8.14. The highest BCUT2D eigenvalue weighted by Gasteiger charge is 2.26. The Balaban J connectivity index is 1.80. The molecule has 2 aromatic carbocycles. The highest BCUT2D eigenvalue weighted by molar-refractivity contribution is 7.92. The van der Waals surface area contributed by atoms with Crippen molar-refractivity contribution in [3.8, 4) is 0 Å². The molecule has 1 saturated heterocycles. The first-order valence-electron chi connectivity index (χ1n) is 8.90. The Hall–Kier alpha value is -1.90. The first kappa shape index (κ1) is 19.9. The molecule has 2 aromatic rings. The number of hydrogen-bond acceptors (Lipinski definition) is 4. The Morgan fingerprint density at radius 3 is 1.96 bits per heavy atom. The molecule has 0 aliphatic carbocycles. The summed E-state index contributed by atoms with van der Waals surface area (Å²) < 4.78 is 54.4. The molecule has 0 atom stereocenters. The molecule has 6 nitrogen and oxygen atoms in total. The van der Waals surface area contributed by atoms with Crippen molar-refractivity contribution < 1.29 is 16.8 Å². The predicted octanol–water partition coefficient (Wildman–Crippen LogP) is 3.28. The van der Waals surface area contributed by atoms with E-state index in [4.69, 9.17) is 0 Å². The summed E-state index contributed by atoms with van der Waals surface area (Å²) in [6.45, 7) is 4.84. The number of piperidine rings is 1. The van der Waals surface area contributed by atoms with Crippen molar-refractivity contribution in [2.24, 2.45) is 0 Å². The summed E-state index contributed by atoms with van der Waals surface area (Å²) in [5.74, 6) is 0. The maximum atomic E-state index is 12.7. The number of hydrogen-bond donors (Lipinski definition) is 1. The van der Waals surface area contributed by atoms with Crippen LogP contribution in [-0.2, 0) is 20.0 Å². The molecule has 0 amide bonds. The minimum absolute atomic E-state index is 0.176.